The van der Waals surface area contributed by atoms with Crippen LogP contribution >= 0.6 is 34.8 Å². The number of hydrogen-bond donors (Lipinski definition) is 0. The smallest absolute Gasteiger partial charge is 0.164 e. The third kappa shape index (κ3) is 2.48. The predicted octanol–water partition coefficient (Wildman–Crippen LogP) is 4.57. The van der Waals surface area contributed by atoms with Crippen LogP contribution in [0.5, 0.6) is 0 Å². The van der Waals surface area contributed by atoms with Crippen molar-refractivity contribution < 1.29 is 0 Å². The molecule has 96 valence electrons. The number of halogens is 3. The molecule has 0 unspecified atom stereocenters. The van der Waals surface area contributed by atoms with Crippen molar-refractivity contribution in [1.82, 2.24) is 14.8 Å². The van der Waals surface area contributed by atoms with Gasteiger partial charge in [-0.2, -0.15) is 0 Å². The van der Waals surface area contributed by atoms with Crippen LogP contribution < -0.4 is 0 Å². The lowest BCUT2D eigenvalue weighted by molar-refractivity contribution is 0.585. The fourth-order valence-corrected chi connectivity index (χ4v) is 2.27. The Morgan fingerprint density at radius 2 is 1.89 bits per heavy atom. The maximum absolute atomic E-state index is 6.02. The van der Waals surface area contributed by atoms with Gasteiger partial charge in [0.2, 0.25) is 0 Å². The molecule has 1 aromatic heterocycles. The third-order valence-electron chi connectivity index (χ3n) is 2.58. The Morgan fingerprint density at radius 1 is 1.17 bits per heavy atom. The van der Waals surface area contributed by atoms with Crippen LogP contribution in [-0.4, -0.2) is 14.8 Å². The minimum absolute atomic E-state index is 0.221. The molecule has 0 spiro atoms. The van der Waals surface area contributed by atoms with Crippen LogP contribution in [0.2, 0.25) is 10.0 Å². The van der Waals surface area contributed by atoms with Crippen molar-refractivity contribution in [3.8, 4) is 11.4 Å². The van der Waals surface area contributed by atoms with E-state index in [0.29, 0.717) is 15.9 Å². The van der Waals surface area contributed by atoms with Crippen LogP contribution in [0.25, 0.3) is 11.4 Å². The molecule has 0 N–H and O–H groups in total. The van der Waals surface area contributed by atoms with Crippen molar-refractivity contribution in [2.75, 3.05) is 0 Å². The summed E-state index contributed by atoms with van der Waals surface area (Å²) in [7, 11) is 0. The van der Waals surface area contributed by atoms with Gasteiger partial charge in [-0.25, -0.2) is 0 Å². The molecule has 3 nitrogen and oxygen atoms in total. The standard InChI is InChI=1S/C12H12Cl3N3/c1-7(2)18-11(6-13)16-17-12(18)8-3-4-9(14)10(15)5-8/h3-5,7H,6H2,1-2H3. The molecular formula is C12H12Cl3N3. The lowest BCUT2D eigenvalue weighted by Gasteiger charge is -2.13. The second-order valence-corrected chi connectivity index (χ2v) is 5.25. The van der Waals surface area contributed by atoms with Crippen LogP contribution in [0.15, 0.2) is 18.2 Å². The van der Waals surface area contributed by atoms with Gasteiger partial charge in [0.05, 0.1) is 15.9 Å². The zero-order chi connectivity index (χ0) is 13.3. The first kappa shape index (κ1) is 13.7. The second-order valence-electron chi connectivity index (χ2n) is 4.17. The Hall–Kier alpha value is -0.770. The van der Waals surface area contributed by atoms with Gasteiger partial charge < -0.3 is 4.57 Å². The minimum atomic E-state index is 0.221. The number of rotatable bonds is 3. The summed E-state index contributed by atoms with van der Waals surface area (Å²) in [5.74, 6) is 1.82. The van der Waals surface area contributed by atoms with E-state index >= 15 is 0 Å². The zero-order valence-corrected chi connectivity index (χ0v) is 12.3. The Balaban J connectivity index is 2.56. The molecule has 0 aliphatic rings. The summed E-state index contributed by atoms with van der Waals surface area (Å²) in [5.41, 5.74) is 0.877. The predicted molar refractivity (Wildman–Crippen MR) is 75.4 cm³/mol. The topological polar surface area (TPSA) is 30.7 Å². The highest BCUT2D eigenvalue weighted by molar-refractivity contribution is 6.42. The Bertz CT molecular complexity index is 564. The van der Waals surface area contributed by atoms with E-state index in [9.17, 15) is 0 Å². The summed E-state index contributed by atoms with van der Waals surface area (Å²) in [6.07, 6.45) is 0. The first-order valence-corrected chi connectivity index (χ1v) is 6.78. The molecule has 0 saturated heterocycles. The van der Waals surface area contributed by atoms with Gasteiger partial charge >= 0.3 is 0 Å². The van der Waals surface area contributed by atoms with Crippen molar-refractivity contribution in [2.24, 2.45) is 0 Å². The summed E-state index contributed by atoms with van der Waals surface area (Å²) in [4.78, 5) is 0. The number of aromatic nitrogens is 3. The molecule has 18 heavy (non-hydrogen) atoms. The zero-order valence-electron chi connectivity index (χ0n) is 9.99. The third-order valence-corrected chi connectivity index (χ3v) is 3.56. The van der Waals surface area contributed by atoms with Crippen molar-refractivity contribution >= 4 is 34.8 Å². The van der Waals surface area contributed by atoms with Crippen molar-refractivity contribution in [3.63, 3.8) is 0 Å². The second kappa shape index (κ2) is 5.47. The maximum atomic E-state index is 6.02. The molecule has 0 aliphatic heterocycles. The molecule has 6 heteroatoms. The molecule has 1 heterocycles. The first-order chi connectivity index (χ1) is 8.54. The van der Waals surface area contributed by atoms with Gasteiger partial charge in [0.1, 0.15) is 5.82 Å². The van der Waals surface area contributed by atoms with E-state index in [1.807, 2.05) is 10.6 Å². The summed E-state index contributed by atoms with van der Waals surface area (Å²) in [6.45, 7) is 4.11. The van der Waals surface area contributed by atoms with E-state index in [1.54, 1.807) is 12.1 Å². The van der Waals surface area contributed by atoms with Gasteiger partial charge in [-0.15, -0.1) is 21.8 Å². The molecule has 0 amide bonds. The monoisotopic (exact) mass is 303 g/mol. The highest BCUT2D eigenvalue weighted by atomic mass is 35.5. The van der Waals surface area contributed by atoms with Crippen LogP contribution in [0, 0.1) is 0 Å². The molecule has 0 aliphatic carbocycles. The van der Waals surface area contributed by atoms with E-state index in [4.69, 9.17) is 34.8 Å². The quantitative estimate of drug-likeness (QED) is 0.778. The molecule has 0 saturated carbocycles. The van der Waals surface area contributed by atoms with Crippen molar-refractivity contribution in [1.29, 1.82) is 0 Å². The Kier molecular flexibility index (Phi) is 4.15. The van der Waals surface area contributed by atoms with E-state index in [0.717, 1.165) is 17.2 Å². The van der Waals surface area contributed by atoms with Crippen molar-refractivity contribution in [3.05, 3.63) is 34.1 Å². The molecule has 0 bridgehead atoms. The lowest BCUT2D eigenvalue weighted by atomic mass is 10.2. The molecule has 2 rings (SSSR count). The van der Waals surface area contributed by atoms with Crippen LogP contribution in [0.3, 0.4) is 0 Å². The SMILES string of the molecule is CC(C)n1c(CCl)nnc1-c1ccc(Cl)c(Cl)c1. The maximum Gasteiger partial charge on any atom is 0.164 e. The largest absolute Gasteiger partial charge is 0.307 e. The first-order valence-electron chi connectivity index (χ1n) is 5.49. The average molecular weight is 305 g/mol. The van der Waals surface area contributed by atoms with Gasteiger partial charge in [0.25, 0.3) is 0 Å². The molecule has 0 radical (unpaired) electrons. The molecular weight excluding hydrogens is 293 g/mol. The van der Waals surface area contributed by atoms with E-state index < -0.39 is 0 Å². The van der Waals surface area contributed by atoms with Gasteiger partial charge in [0, 0.05) is 11.6 Å². The summed E-state index contributed by atoms with van der Waals surface area (Å²) >= 11 is 17.8. The Morgan fingerprint density at radius 3 is 2.44 bits per heavy atom. The molecule has 1 aromatic carbocycles. The number of hydrogen-bond acceptors (Lipinski definition) is 2. The molecule has 0 atom stereocenters. The number of nitrogens with zero attached hydrogens (tertiary/aromatic N) is 3. The van der Waals surface area contributed by atoms with Crippen LogP contribution in [0.1, 0.15) is 25.7 Å². The van der Waals surface area contributed by atoms with Gasteiger partial charge in [-0.05, 0) is 32.0 Å². The summed E-state index contributed by atoms with van der Waals surface area (Å²) in [6, 6.07) is 5.62. The fraction of sp³-hybridized carbons (Fsp3) is 0.333. The fourth-order valence-electron chi connectivity index (χ4n) is 1.79. The number of alkyl halides is 1. The normalized spacial score (nSPS) is 11.2. The van der Waals surface area contributed by atoms with Gasteiger partial charge in [-0.3, -0.25) is 0 Å². The number of benzene rings is 1. The molecule has 2 aromatic rings. The highest BCUT2D eigenvalue weighted by Gasteiger charge is 2.16. The lowest BCUT2D eigenvalue weighted by Crippen LogP contribution is -2.07. The van der Waals surface area contributed by atoms with Crippen LogP contribution in [-0.2, 0) is 5.88 Å². The Labute approximate surface area is 121 Å². The van der Waals surface area contributed by atoms with Crippen LogP contribution in [0.4, 0.5) is 0 Å². The van der Waals surface area contributed by atoms with Crippen molar-refractivity contribution in [2.45, 2.75) is 25.8 Å². The minimum Gasteiger partial charge on any atom is -0.307 e. The van der Waals surface area contributed by atoms with E-state index in [2.05, 4.69) is 24.0 Å². The summed E-state index contributed by atoms with van der Waals surface area (Å²) < 4.78 is 1.99. The highest BCUT2D eigenvalue weighted by Crippen LogP contribution is 2.29. The summed E-state index contributed by atoms with van der Waals surface area (Å²) in [5, 5.41) is 9.29. The van der Waals surface area contributed by atoms with Gasteiger partial charge in [0.15, 0.2) is 5.82 Å². The van der Waals surface area contributed by atoms with E-state index in [1.165, 1.54) is 0 Å². The molecule has 0 fully saturated rings. The van der Waals surface area contributed by atoms with E-state index in [-0.39, 0.29) is 6.04 Å². The average Bonchev–Trinajstić information content (AvgIpc) is 2.76. The van der Waals surface area contributed by atoms with Gasteiger partial charge in [-0.1, -0.05) is 23.2 Å².